The van der Waals surface area contributed by atoms with Crippen LogP contribution in [0.2, 0.25) is 10.0 Å². The zero-order chi connectivity index (χ0) is 19.4. The number of hydrogen-bond donors (Lipinski definition) is 2. The maximum Gasteiger partial charge on any atom is 0.352 e. The molecule has 0 atom stereocenters. The highest BCUT2D eigenvalue weighted by molar-refractivity contribution is 6.43. The number of carbonyl (C=O) groups excluding carboxylic acids is 1. The van der Waals surface area contributed by atoms with Crippen LogP contribution in [0.15, 0.2) is 70.8 Å². The number of amides is 1. The van der Waals surface area contributed by atoms with E-state index in [9.17, 15) is 14.7 Å². The Balaban J connectivity index is 1.87. The summed E-state index contributed by atoms with van der Waals surface area (Å²) < 4.78 is 5.64. The van der Waals surface area contributed by atoms with Gasteiger partial charge in [0, 0.05) is 17.2 Å². The first-order chi connectivity index (χ1) is 13.0. The highest BCUT2D eigenvalue weighted by Crippen LogP contribution is 2.34. The number of hydrogen-bond acceptors (Lipinski definition) is 3. The van der Waals surface area contributed by atoms with Crippen molar-refractivity contribution in [1.29, 1.82) is 0 Å². The van der Waals surface area contributed by atoms with E-state index in [-0.39, 0.29) is 11.5 Å². The fraction of sp³-hybridized carbons (Fsp3) is 0. The predicted octanol–water partition coefficient (Wildman–Crippen LogP) is 5.11. The summed E-state index contributed by atoms with van der Waals surface area (Å²) in [5.74, 6) is -1.16. The van der Waals surface area contributed by atoms with E-state index in [1.165, 1.54) is 6.08 Å². The molecule has 3 aromatic rings. The van der Waals surface area contributed by atoms with E-state index in [0.29, 0.717) is 26.9 Å². The molecule has 0 bridgehead atoms. The van der Waals surface area contributed by atoms with Crippen LogP contribution in [0.5, 0.6) is 0 Å². The van der Waals surface area contributed by atoms with Gasteiger partial charge in [-0.25, -0.2) is 4.79 Å². The van der Waals surface area contributed by atoms with Gasteiger partial charge < -0.3 is 14.8 Å². The van der Waals surface area contributed by atoms with E-state index in [2.05, 4.69) is 5.32 Å². The molecule has 2 N–H and O–H groups in total. The quantitative estimate of drug-likeness (QED) is 0.582. The average Bonchev–Trinajstić information content (AvgIpc) is 3.12. The van der Waals surface area contributed by atoms with Crippen molar-refractivity contribution in [3.8, 4) is 11.3 Å². The highest BCUT2D eigenvalue weighted by Gasteiger charge is 2.15. The van der Waals surface area contributed by atoms with Crippen molar-refractivity contribution in [2.75, 3.05) is 0 Å². The fourth-order valence-electron chi connectivity index (χ4n) is 2.35. The maximum atomic E-state index is 12.2. The number of nitrogens with one attached hydrogen (secondary N) is 1. The van der Waals surface area contributed by atoms with Crippen LogP contribution in [0.3, 0.4) is 0 Å². The average molecular weight is 402 g/mol. The van der Waals surface area contributed by atoms with Gasteiger partial charge in [0.15, 0.2) is 0 Å². The summed E-state index contributed by atoms with van der Waals surface area (Å²) >= 11 is 12.2. The number of furan rings is 1. The van der Waals surface area contributed by atoms with Gasteiger partial charge >= 0.3 is 5.97 Å². The van der Waals surface area contributed by atoms with Gasteiger partial charge in [-0.1, -0.05) is 47.5 Å². The lowest BCUT2D eigenvalue weighted by atomic mass is 10.2. The lowest BCUT2D eigenvalue weighted by Gasteiger charge is -2.05. The molecule has 136 valence electrons. The van der Waals surface area contributed by atoms with Gasteiger partial charge in [-0.15, -0.1) is 0 Å². The summed E-state index contributed by atoms with van der Waals surface area (Å²) in [7, 11) is 0. The summed E-state index contributed by atoms with van der Waals surface area (Å²) in [4.78, 5) is 23.7. The molecule has 27 heavy (non-hydrogen) atoms. The van der Waals surface area contributed by atoms with Crippen molar-refractivity contribution >= 4 is 41.2 Å². The third-order valence-electron chi connectivity index (χ3n) is 3.65. The second-order valence-corrected chi connectivity index (χ2v) is 6.27. The van der Waals surface area contributed by atoms with Crippen LogP contribution >= 0.6 is 23.2 Å². The Kier molecular flexibility index (Phi) is 5.64. The van der Waals surface area contributed by atoms with Gasteiger partial charge in [-0.2, -0.15) is 0 Å². The molecule has 0 aliphatic heterocycles. The minimum atomic E-state index is -1.29. The third kappa shape index (κ3) is 4.39. The van der Waals surface area contributed by atoms with Crippen LogP contribution in [-0.4, -0.2) is 17.0 Å². The third-order valence-corrected chi connectivity index (χ3v) is 4.46. The van der Waals surface area contributed by atoms with Crippen molar-refractivity contribution in [1.82, 2.24) is 5.32 Å². The largest absolute Gasteiger partial charge is 0.477 e. The van der Waals surface area contributed by atoms with Crippen LogP contribution in [0.25, 0.3) is 17.4 Å². The van der Waals surface area contributed by atoms with Crippen molar-refractivity contribution in [3.05, 3.63) is 87.7 Å². The first kappa shape index (κ1) is 18.8. The van der Waals surface area contributed by atoms with Crippen LogP contribution < -0.4 is 5.32 Å². The monoisotopic (exact) mass is 401 g/mol. The number of carboxylic acid groups (broad SMARTS) is 1. The molecule has 0 saturated heterocycles. The molecule has 0 radical (unpaired) electrons. The summed E-state index contributed by atoms with van der Waals surface area (Å²) in [5.41, 5.74) is 0.603. The van der Waals surface area contributed by atoms with Crippen molar-refractivity contribution in [2.45, 2.75) is 0 Å². The molecule has 1 amide bonds. The lowest BCUT2D eigenvalue weighted by Crippen LogP contribution is -2.27. The molecular formula is C20H13Cl2NO4. The van der Waals surface area contributed by atoms with E-state index in [1.54, 1.807) is 60.7 Å². The number of rotatable bonds is 5. The molecule has 1 heterocycles. The lowest BCUT2D eigenvalue weighted by molar-refractivity contribution is -0.132. The molecule has 0 fully saturated rings. The Hall–Kier alpha value is -3.02. The van der Waals surface area contributed by atoms with E-state index >= 15 is 0 Å². The van der Waals surface area contributed by atoms with E-state index < -0.39 is 11.9 Å². The van der Waals surface area contributed by atoms with E-state index in [4.69, 9.17) is 27.6 Å². The normalized spacial score (nSPS) is 11.3. The molecule has 0 aliphatic rings. The van der Waals surface area contributed by atoms with Gasteiger partial charge in [-0.3, -0.25) is 4.79 Å². The topological polar surface area (TPSA) is 79.5 Å². The first-order valence-electron chi connectivity index (χ1n) is 7.81. The molecule has 0 aliphatic carbocycles. The Morgan fingerprint density at radius 1 is 0.963 bits per heavy atom. The van der Waals surface area contributed by atoms with Gasteiger partial charge in [-0.05, 0) is 36.4 Å². The standard InChI is InChI=1S/C20H13Cl2NO4/c21-15-8-4-7-14(18(15)22)17-10-9-13(27-17)11-16(20(25)26)23-19(24)12-5-2-1-3-6-12/h1-11H,(H,23,24)(H,25,26)/b16-11+. The number of benzene rings is 2. The Morgan fingerprint density at radius 3 is 2.41 bits per heavy atom. The van der Waals surface area contributed by atoms with E-state index in [1.807, 2.05) is 0 Å². The predicted molar refractivity (Wildman–Crippen MR) is 104 cm³/mol. The smallest absolute Gasteiger partial charge is 0.352 e. The highest BCUT2D eigenvalue weighted by atomic mass is 35.5. The van der Waals surface area contributed by atoms with Gasteiger partial charge in [0.1, 0.15) is 17.2 Å². The van der Waals surface area contributed by atoms with Gasteiger partial charge in [0.25, 0.3) is 5.91 Å². The molecule has 5 nitrogen and oxygen atoms in total. The van der Waals surface area contributed by atoms with Crippen molar-refractivity contribution < 1.29 is 19.1 Å². The zero-order valence-corrected chi connectivity index (χ0v) is 15.3. The second-order valence-electron chi connectivity index (χ2n) is 5.49. The Bertz CT molecular complexity index is 1030. The first-order valence-corrected chi connectivity index (χ1v) is 8.57. The number of halogens is 2. The van der Waals surface area contributed by atoms with Crippen LogP contribution in [0.4, 0.5) is 0 Å². The Morgan fingerprint density at radius 2 is 1.70 bits per heavy atom. The molecule has 0 unspecified atom stereocenters. The zero-order valence-electron chi connectivity index (χ0n) is 13.8. The van der Waals surface area contributed by atoms with Gasteiger partial charge in [0.05, 0.1) is 10.0 Å². The van der Waals surface area contributed by atoms with Crippen LogP contribution in [0.1, 0.15) is 16.1 Å². The molecule has 1 aromatic heterocycles. The molecule has 2 aromatic carbocycles. The molecule has 0 saturated carbocycles. The summed E-state index contributed by atoms with van der Waals surface area (Å²) in [6, 6.07) is 16.6. The fourth-order valence-corrected chi connectivity index (χ4v) is 2.74. The molecule has 0 spiro atoms. The van der Waals surface area contributed by atoms with Crippen LogP contribution in [0, 0.1) is 0 Å². The SMILES string of the molecule is O=C(O)/C(=C\c1ccc(-c2cccc(Cl)c2Cl)o1)NC(=O)c1ccccc1. The number of carboxylic acids is 1. The second kappa shape index (κ2) is 8.12. The van der Waals surface area contributed by atoms with Crippen molar-refractivity contribution in [3.63, 3.8) is 0 Å². The summed E-state index contributed by atoms with van der Waals surface area (Å²) in [6.45, 7) is 0. The Labute approximate surface area is 164 Å². The minimum Gasteiger partial charge on any atom is -0.477 e. The van der Waals surface area contributed by atoms with E-state index in [0.717, 1.165) is 0 Å². The van der Waals surface area contributed by atoms with Gasteiger partial charge in [0.2, 0.25) is 0 Å². The maximum absolute atomic E-state index is 12.2. The molecular weight excluding hydrogens is 389 g/mol. The minimum absolute atomic E-state index is 0.242. The van der Waals surface area contributed by atoms with Crippen LogP contribution in [-0.2, 0) is 4.79 Å². The molecule has 7 heteroatoms. The summed E-state index contributed by atoms with van der Waals surface area (Å²) in [5, 5.41) is 12.4. The molecule has 3 rings (SSSR count). The number of carbonyl (C=O) groups is 2. The summed E-state index contributed by atoms with van der Waals surface area (Å²) in [6.07, 6.45) is 1.23. The van der Waals surface area contributed by atoms with Crippen molar-refractivity contribution in [2.24, 2.45) is 0 Å². The number of aliphatic carboxylic acids is 1.